The van der Waals surface area contributed by atoms with Gasteiger partial charge in [0.25, 0.3) is 0 Å². The van der Waals surface area contributed by atoms with Crippen LogP contribution in [0, 0.1) is 0 Å². The van der Waals surface area contributed by atoms with Crippen LogP contribution in [0.15, 0.2) is 24.3 Å². The molecule has 0 aromatic heterocycles. The molecule has 1 atom stereocenters. The molecule has 1 unspecified atom stereocenters. The minimum atomic E-state index is 0.187. The standard InChI is InChI=1S/C10H13NO/c1-3-11-8(2)12-10-7-5-4-6-9(10)11/h4-8H,3H2,1-2H3. The highest BCUT2D eigenvalue weighted by Crippen LogP contribution is 2.35. The summed E-state index contributed by atoms with van der Waals surface area (Å²) in [5.74, 6) is 1.01. The Hall–Kier alpha value is -1.18. The van der Waals surface area contributed by atoms with E-state index in [4.69, 9.17) is 4.74 Å². The van der Waals surface area contributed by atoms with Gasteiger partial charge in [-0.15, -0.1) is 0 Å². The molecule has 1 heterocycles. The number of nitrogens with zero attached hydrogens (tertiary/aromatic N) is 1. The van der Waals surface area contributed by atoms with Crippen LogP contribution in [-0.2, 0) is 0 Å². The molecule has 1 aliphatic heterocycles. The molecule has 0 fully saturated rings. The fourth-order valence-electron chi connectivity index (χ4n) is 1.66. The molecule has 1 aliphatic rings. The summed E-state index contributed by atoms with van der Waals surface area (Å²) in [7, 11) is 0. The highest BCUT2D eigenvalue weighted by molar-refractivity contribution is 5.61. The maximum atomic E-state index is 5.64. The average Bonchev–Trinajstić information content (AvgIpc) is 2.40. The molecular formula is C10H13NO. The van der Waals surface area contributed by atoms with E-state index in [1.54, 1.807) is 0 Å². The van der Waals surface area contributed by atoms with Gasteiger partial charge < -0.3 is 9.64 Å². The van der Waals surface area contributed by atoms with Gasteiger partial charge in [0.1, 0.15) is 5.75 Å². The first-order valence-electron chi connectivity index (χ1n) is 4.35. The maximum absolute atomic E-state index is 5.64. The van der Waals surface area contributed by atoms with Gasteiger partial charge in [0.15, 0.2) is 6.23 Å². The van der Waals surface area contributed by atoms with Gasteiger partial charge in [0.2, 0.25) is 0 Å². The lowest BCUT2D eigenvalue weighted by molar-refractivity contribution is 0.246. The summed E-state index contributed by atoms with van der Waals surface area (Å²) >= 11 is 0. The number of rotatable bonds is 1. The molecule has 0 saturated carbocycles. The Bertz CT molecular complexity index is 285. The second-order valence-corrected chi connectivity index (χ2v) is 2.97. The Morgan fingerprint density at radius 1 is 1.42 bits per heavy atom. The highest BCUT2D eigenvalue weighted by Gasteiger charge is 2.24. The smallest absolute Gasteiger partial charge is 0.169 e. The van der Waals surface area contributed by atoms with Gasteiger partial charge in [0.05, 0.1) is 5.69 Å². The normalized spacial score (nSPS) is 20.5. The number of ether oxygens (including phenoxy) is 1. The van der Waals surface area contributed by atoms with Gasteiger partial charge in [0, 0.05) is 6.54 Å². The number of fused-ring (bicyclic) bond motifs is 1. The Morgan fingerprint density at radius 3 is 2.92 bits per heavy atom. The Labute approximate surface area is 72.8 Å². The zero-order chi connectivity index (χ0) is 8.55. The molecule has 0 N–H and O–H groups in total. The summed E-state index contributed by atoms with van der Waals surface area (Å²) in [6.45, 7) is 5.21. The molecular weight excluding hydrogens is 150 g/mol. The third kappa shape index (κ3) is 0.951. The molecule has 1 aromatic carbocycles. The minimum absolute atomic E-state index is 0.187. The molecule has 0 aliphatic carbocycles. The molecule has 64 valence electrons. The van der Waals surface area contributed by atoms with E-state index in [0.717, 1.165) is 12.3 Å². The zero-order valence-electron chi connectivity index (χ0n) is 7.45. The van der Waals surface area contributed by atoms with Gasteiger partial charge in [-0.3, -0.25) is 0 Å². The zero-order valence-corrected chi connectivity index (χ0v) is 7.45. The van der Waals surface area contributed by atoms with Crippen LogP contribution < -0.4 is 9.64 Å². The third-order valence-electron chi connectivity index (χ3n) is 2.25. The summed E-state index contributed by atoms with van der Waals surface area (Å²) in [6.07, 6.45) is 0.187. The molecule has 12 heavy (non-hydrogen) atoms. The van der Waals surface area contributed by atoms with Crippen molar-refractivity contribution in [2.75, 3.05) is 11.4 Å². The molecule has 2 heteroatoms. The number of benzene rings is 1. The van der Waals surface area contributed by atoms with Gasteiger partial charge in [-0.05, 0) is 26.0 Å². The Kier molecular flexibility index (Phi) is 1.68. The van der Waals surface area contributed by atoms with E-state index in [2.05, 4.69) is 24.8 Å². The van der Waals surface area contributed by atoms with Gasteiger partial charge in [-0.1, -0.05) is 12.1 Å². The van der Waals surface area contributed by atoms with Gasteiger partial charge >= 0.3 is 0 Å². The van der Waals surface area contributed by atoms with Crippen LogP contribution in [-0.4, -0.2) is 12.8 Å². The summed E-state index contributed by atoms with van der Waals surface area (Å²) in [5.41, 5.74) is 1.22. The fraction of sp³-hybridized carbons (Fsp3) is 0.400. The lowest BCUT2D eigenvalue weighted by Crippen LogP contribution is -2.31. The molecule has 0 spiro atoms. The number of para-hydroxylation sites is 2. The molecule has 2 nitrogen and oxygen atoms in total. The topological polar surface area (TPSA) is 12.5 Å². The third-order valence-corrected chi connectivity index (χ3v) is 2.25. The SMILES string of the molecule is CCN1c2ccccc2OC1C. The predicted molar refractivity (Wildman–Crippen MR) is 49.6 cm³/mol. The first kappa shape index (κ1) is 7.47. The maximum Gasteiger partial charge on any atom is 0.169 e. The Balaban J connectivity index is 2.40. The van der Waals surface area contributed by atoms with Crippen molar-refractivity contribution >= 4 is 5.69 Å². The van der Waals surface area contributed by atoms with Crippen LogP contribution in [0.25, 0.3) is 0 Å². The van der Waals surface area contributed by atoms with E-state index in [-0.39, 0.29) is 6.23 Å². The molecule has 0 saturated heterocycles. The van der Waals surface area contributed by atoms with Crippen LogP contribution in [0.1, 0.15) is 13.8 Å². The lowest BCUT2D eigenvalue weighted by Gasteiger charge is -2.19. The Morgan fingerprint density at radius 2 is 2.17 bits per heavy atom. The molecule has 0 bridgehead atoms. The van der Waals surface area contributed by atoms with Crippen molar-refractivity contribution in [3.05, 3.63) is 24.3 Å². The van der Waals surface area contributed by atoms with Crippen LogP contribution in [0.4, 0.5) is 5.69 Å². The summed E-state index contributed by atoms with van der Waals surface area (Å²) in [6, 6.07) is 8.16. The van der Waals surface area contributed by atoms with Gasteiger partial charge in [-0.25, -0.2) is 0 Å². The second kappa shape index (κ2) is 2.70. The van der Waals surface area contributed by atoms with E-state index in [1.807, 2.05) is 18.2 Å². The fourth-order valence-corrected chi connectivity index (χ4v) is 1.66. The minimum Gasteiger partial charge on any atom is -0.469 e. The number of hydrogen-bond acceptors (Lipinski definition) is 2. The van der Waals surface area contributed by atoms with Crippen molar-refractivity contribution in [3.8, 4) is 5.75 Å². The number of anilines is 1. The van der Waals surface area contributed by atoms with Crippen LogP contribution in [0.2, 0.25) is 0 Å². The van der Waals surface area contributed by atoms with E-state index in [9.17, 15) is 0 Å². The van der Waals surface area contributed by atoms with Crippen molar-refractivity contribution in [2.45, 2.75) is 20.1 Å². The van der Waals surface area contributed by atoms with E-state index in [1.165, 1.54) is 5.69 Å². The van der Waals surface area contributed by atoms with Crippen molar-refractivity contribution in [3.63, 3.8) is 0 Å². The molecule has 0 radical (unpaired) electrons. The van der Waals surface area contributed by atoms with E-state index < -0.39 is 0 Å². The second-order valence-electron chi connectivity index (χ2n) is 2.97. The monoisotopic (exact) mass is 163 g/mol. The highest BCUT2D eigenvalue weighted by atomic mass is 16.5. The summed E-state index contributed by atoms with van der Waals surface area (Å²) < 4.78 is 5.64. The largest absolute Gasteiger partial charge is 0.469 e. The predicted octanol–water partition coefficient (Wildman–Crippen LogP) is 2.25. The van der Waals surface area contributed by atoms with Crippen molar-refractivity contribution in [2.24, 2.45) is 0 Å². The van der Waals surface area contributed by atoms with Crippen LogP contribution in [0.5, 0.6) is 5.75 Å². The molecule has 0 amide bonds. The summed E-state index contributed by atoms with van der Waals surface area (Å²) in [5, 5.41) is 0. The van der Waals surface area contributed by atoms with Gasteiger partial charge in [-0.2, -0.15) is 0 Å². The first-order valence-corrected chi connectivity index (χ1v) is 4.35. The summed E-state index contributed by atoms with van der Waals surface area (Å²) in [4.78, 5) is 2.25. The first-order chi connectivity index (χ1) is 5.83. The molecule has 2 rings (SSSR count). The number of hydrogen-bond donors (Lipinski definition) is 0. The lowest BCUT2D eigenvalue weighted by atomic mass is 10.3. The van der Waals surface area contributed by atoms with Crippen molar-refractivity contribution < 1.29 is 4.74 Å². The molecule has 1 aromatic rings. The van der Waals surface area contributed by atoms with E-state index in [0.29, 0.717) is 0 Å². The van der Waals surface area contributed by atoms with Crippen molar-refractivity contribution in [1.82, 2.24) is 0 Å². The van der Waals surface area contributed by atoms with Crippen LogP contribution >= 0.6 is 0 Å². The average molecular weight is 163 g/mol. The van der Waals surface area contributed by atoms with Crippen molar-refractivity contribution in [1.29, 1.82) is 0 Å². The quantitative estimate of drug-likeness (QED) is 0.629. The van der Waals surface area contributed by atoms with E-state index >= 15 is 0 Å². The van der Waals surface area contributed by atoms with Crippen LogP contribution in [0.3, 0.4) is 0 Å².